The number of ether oxygens (including phenoxy) is 4. The fourth-order valence-corrected chi connectivity index (χ4v) is 4.66. The lowest BCUT2D eigenvalue weighted by molar-refractivity contribution is 0.0600. The van der Waals surface area contributed by atoms with Gasteiger partial charge >= 0.3 is 5.97 Å². The highest BCUT2D eigenvalue weighted by Crippen LogP contribution is 2.38. The van der Waals surface area contributed by atoms with Crippen molar-refractivity contribution < 1.29 is 23.7 Å². The lowest BCUT2D eigenvalue weighted by Gasteiger charge is -2.39. The molecular formula is C28H30N2O5S. The molecule has 1 heterocycles. The molecule has 0 amide bonds. The van der Waals surface area contributed by atoms with E-state index in [4.69, 9.17) is 31.2 Å². The molecule has 0 spiro atoms. The lowest BCUT2D eigenvalue weighted by atomic mass is 9.92. The third-order valence-electron chi connectivity index (χ3n) is 6.33. The van der Waals surface area contributed by atoms with Crippen molar-refractivity contribution in [1.82, 2.24) is 4.90 Å². The number of nitrogens with one attached hydrogen (secondary N) is 1. The molecule has 188 valence electrons. The summed E-state index contributed by atoms with van der Waals surface area (Å²) in [5.41, 5.74) is 4.78. The Kier molecular flexibility index (Phi) is 7.95. The standard InChI is InChI=1S/C28H30N2O5S/c1-18-7-5-6-8-23(18)29-28(36)30-14-13-20-15-25(32-2)26(33-3)16-22(20)24(30)17-35-21-11-9-19(10-12-21)27(31)34-4/h5-12,15-16,24H,13-14,17H2,1-4H3,(H,29,36)/t24-/m0/s1. The molecule has 0 saturated carbocycles. The summed E-state index contributed by atoms with van der Waals surface area (Å²) in [6, 6.07) is 18.8. The minimum Gasteiger partial charge on any atom is -0.493 e. The maximum Gasteiger partial charge on any atom is 0.337 e. The predicted octanol–water partition coefficient (Wildman–Crippen LogP) is 5.17. The molecule has 7 nitrogen and oxygen atoms in total. The van der Waals surface area contributed by atoms with Gasteiger partial charge in [-0.3, -0.25) is 0 Å². The number of hydrogen-bond donors (Lipinski definition) is 1. The normalized spacial score (nSPS) is 14.4. The molecule has 3 aromatic rings. The monoisotopic (exact) mass is 506 g/mol. The molecule has 0 saturated heterocycles. The van der Waals surface area contributed by atoms with Crippen LogP contribution in [0.15, 0.2) is 60.7 Å². The summed E-state index contributed by atoms with van der Waals surface area (Å²) >= 11 is 5.87. The van der Waals surface area contributed by atoms with Gasteiger partial charge < -0.3 is 29.2 Å². The van der Waals surface area contributed by atoms with Crippen molar-refractivity contribution in [3.05, 3.63) is 82.9 Å². The van der Waals surface area contributed by atoms with Crippen molar-refractivity contribution in [2.45, 2.75) is 19.4 Å². The van der Waals surface area contributed by atoms with E-state index in [2.05, 4.69) is 10.2 Å². The van der Waals surface area contributed by atoms with Crippen LogP contribution in [-0.2, 0) is 11.2 Å². The Morgan fingerprint density at radius 1 is 1.03 bits per heavy atom. The minimum absolute atomic E-state index is 0.169. The third kappa shape index (κ3) is 5.39. The van der Waals surface area contributed by atoms with Crippen molar-refractivity contribution in [1.29, 1.82) is 0 Å². The molecule has 1 aliphatic heterocycles. The summed E-state index contributed by atoms with van der Waals surface area (Å²) < 4.78 is 22.1. The maximum atomic E-state index is 11.8. The van der Waals surface area contributed by atoms with E-state index >= 15 is 0 Å². The van der Waals surface area contributed by atoms with Gasteiger partial charge in [0.05, 0.1) is 32.9 Å². The highest BCUT2D eigenvalue weighted by molar-refractivity contribution is 7.80. The van der Waals surface area contributed by atoms with E-state index in [0.29, 0.717) is 34.5 Å². The number of benzene rings is 3. The Morgan fingerprint density at radius 2 is 1.72 bits per heavy atom. The Hall–Kier alpha value is -3.78. The summed E-state index contributed by atoms with van der Waals surface area (Å²) in [4.78, 5) is 13.9. The van der Waals surface area contributed by atoms with Crippen LogP contribution in [0.2, 0.25) is 0 Å². The zero-order valence-corrected chi connectivity index (χ0v) is 21.7. The first-order valence-electron chi connectivity index (χ1n) is 11.6. The van der Waals surface area contributed by atoms with Crippen LogP contribution < -0.4 is 19.5 Å². The van der Waals surface area contributed by atoms with Gasteiger partial charge in [0.25, 0.3) is 0 Å². The number of methoxy groups -OCH3 is 3. The van der Waals surface area contributed by atoms with Gasteiger partial charge in [0.1, 0.15) is 12.4 Å². The first-order chi connectivity index (χ1) is 17.4. The van der Waals surface area contributed by atoms with Crippen LogP contribution >= 0.6 is 12.2 Å². The fraction of sp³-hybridized carbons (Fsp3) is 0.286. The van der Waals surface area contributed by atoms with Crippen molar-refractivity contribution in [3.8, 4) is 17.2 Å². The van der Waals surface area contributed by atoms with Gasteiger partial charge in [-0.1, -0.05) is 18.2 Å². The lowest BCUT2D eigenvalue weighted by Crippen LogP contribution is -2.44. The summed E-state index contributed by atoms with van der Waals surface area (Å²) in [5, 5.41) is 4.04. The Bertz CT molecular complexity index is 1250. The van der Waals surface area contributed by atoms with Gasteiger partial charge in [-0.2, -0.15) is 0 Å². The zero-order chi connectivity index (χ0) is 25.7. The molecule has 1 aliphatic rings. The van der Waals surface area contributed by atoms with Crippen LogP contribution in [0.4, 0.5) is 5.69 Å². The van der Waals surface area contributed by atoms with E-state index in [1.165, 1.54) is 7.11 Å². The third-order valence-corrected chi connectivity index (χ3v) is 6.67. The van der Waals surface area contributed by atoms with Gasteiger partial charge in [-0.05, 0) is 84.7 Å². The maximum absolute atomic E-state index is 11.8. The molecule has 1 atom stereocenters. The van der Waals surface area contributed by atoms with Crippen LogP contribution in [0.3, 0.4) is 0 Å². The van der Waals surface area contributed by atoms with E-state index in [0.717, 1.165) is 35.3 Å². The van der Waals surface area contributed by atoms with E-state index in [1.807, 2.05) is 43.3 Å². The van der Waals surface area contributed by atoms with Crippen molar-refractivity contribution in [2.75, 3.05) is 39.8 Å². The minimum atomic E-state index is -0.386. The van der Waals surface area contributed by atoms with Crippen LogP contribution in [0, 0.1) is 6.92 Å². The van der Waals surface area contributed by atoms with Gasteiger partial charge in [0, 0.05) is 12.2 Å². The van der Waals surface area contributed by atoms with E-state index in [-0.39, 0.29) is 12.0 Å². The largest absolute Gasteiger partial charge is 0.493 e. The van der Waals surface area contributed by atoms with Gasteiger partial charge in [-0.15, -0.1) is 0 Å². The summed E-state index contributed by atoms with van der Waals surface area (Å²) in [6.07, 6.45) is 0.801. The zero-order valence-electron chi connectivity index (χ0n) is 20.9. The van der Waals surface area contributed by atoms with E-state index in [9.17, 15) is 4.79 Å². The van der Waals surface area contributed by atoms with E-state index in [1.54, 1.807) is 38.5 Å². The average molecular weight is 507 g/mol. The molecule has 0 fully saturated rings. The number of para-hydroxylation sites is 1. The number of rotatable bonds is 7. The summed E-state index contributed by atoms with van der Waals surface area (Å²) in [5.74, 6) is 1.61. The Labute approximate surface area is 216 Å². The quantitative estimate of drug-likeness (QED) is 0.348. The second-order valence-electron chi connectivity index (χ2n) is 8.44. The fourth-order valence-electron chi connectivity index (χ4n) is 4.33. The van der Waals surface area contributed by atoms with Gasteiger partial charge in [0.15, 0.2) is 16.6 Å². The van der Waals surface area contributed by atoms with Gasteiger partial charge in [0.2, 0.25) is 0 Å². The number of aryl methyl sites for hydroxylation is 1. The van der Waals surface area contributed by atoms with Crippen molar-refractivity contribution in [3.63, 3.8) is 0 Å². The van der Waals surface area contributed by atoms with Crippen LogP contribution in [0.25, 0.3) is 0 Å². The molecule has 0 aliphatic carbocycles. The molecule has 8 heteroatoms. The SMILES string of the molecule is COC(=O)c1ccc(OC[C@H]2c3cc(OC)c(OC)cc3CCN2C(=S)Nc2ccccc2C)cc1. The number of anilines is 1. The van der Waals surface area contributed by atoms with Crippen LogP contribution in [0.5, 0.6) is 17.2 Å². The molecular weight excluding hydrogens is 476 g/mol. The predicted molar refractivity (Wildman–Crippen MR) is 143 cm³/mol. The van der Waals surface area contributed by atoms with Crippen molar-refractivity contribution >= 4 is 29.0 Å². The van der Waals surface area contributed by atoms with Gasteiger partial charge in [-0.25, -0.2) is 4.79 Å². The molecule has 3 aromatic carbocycles. The number of carbonyl (C=O) groups excluding carboxylic acids is 1. The van der Waals surface area contributed by atoms with Crippen LogP contribution in [0.1, 0.15) is 33.1 Å². The number of nitrogens with zero attached hydrogens (tertiary/aromatic N) is 1. The molecule has 36 heavy (non-hydrogen) atoms. The molecule has 1 N–H and O–H groups in total. The number of thiocarbonyl (C=S) groups is 1. The second kappa shape index (κ2) is 11.3. The number of hydrogen-bond acceptors (Lipinski definition) is 6. The second-order valence-corrected chi connectivity index (χ2v) is 8.82. The van der Waals surface area contributed by atoms with Crippen LogP contribution in [-0.4, -0.2) is 50.5 Å². The molecule has 4 rings (SSSR count). The molecule has 0 unspecified atom stereocenters. The average Bonchev–Trinajstić information content (AvgIpc) is 2.91. The number of carbonyl (C=O) groups is 1. The molecule has 0 bridgehead atoms. The first kappa shape index (κ1) is 25.3. The topological polar surface area (TPSA) is 69.3 Å². The number of esters is 1. The Balaban J connectivity index is 1.62. The highest BCUT2D eigenvalue weighted by atomic mass is 32.1. The number of fused-ring (bicyclic) bond motifs is 1. The molecule has 0 aromatic heterocycles. The summed E-state index contributed by atoms with van der Waals surface area (Å²) in [7, 11) is 4.63. The first-order valence-corrected chi connectivity index (χ1v) is 12.0. The molecule has 0 radical (unpaired) electrons. The van der Waals surface area contributed by atoms with E-state index < -0.39 is 0 Å². The van der Waals surface area contributed by atoms with Crippen molar-refractivity contribution in [2.24, 2.45) is 0 Å². The highest BCUT2D eigenvalue weighted by Gasteiger charge is 2.31. The smallest absolute Gasteiger partial charge is 0.337 e. The summed E-state index contributed by atoms with van der Waals surface area (Å²) in [6.45, 7) is 3.11. The Morgan fingerprint density at radius 3 is 2.39 bits per heavy atom.